The van der Waals surface area contributed by atoms with Crippen LogP contribution in [0.4, 0.5) is 5.69 Å². The fraction of sp³-hybridized carbons (Fsp3) is 0. The van der Waals surface area contributed by atoms with Gasteiger partial charge in [0.05, 0.1) is 29.2 Å². The normalized spacial score (nSPS) is 10.4. The van der Waals surface area contributed by atoms with Gasteiger partial charge in [-0.2, -0.15) is 10.4 Å². The molecule has 0 radical (unpaired) electrons. The molecule has 0 bridgehead atoms. The first-order valence-electron chi connectivity index (χ1n) is 5.38. The predicted octanol–water partition coefficient (Wildman–Crippen LogP) is 1.87. The first-order chi connectivity index (χ1) is 8.79. The Morgan fingerprint density at radius 1 is 1.22 bits per heavy atom. The minimum absolute atomic E-state index is 0.406. The van der Waals surface area contributed by atoms with Crippen LogP contribution in [0.15, 0.2) is 42.7 Å². The van der Waals surface area contributed by atoms with Crippen molar-refractivity contribution in [3.05, 3.63) is 48.3 Å². The Hall–Kier alpha value is -2.87. The van der Waals surface area contributed by atoms with Crippen molar-refractivity contribution in [2.75, 3.05) is 5.73 Å². The molecule has 86 valence electrons. The van der Waals surface area contributed by atoms with E-state index in [4.69, 9.17) is 11.0 Å². The summed E-state index contributed by atoms with van der Waals surface area (Å²) in [6.07, 6.45) is 3.27. The highest BCUT2D eigenvalue weighted by molar-refractivity contribution is 5.80. The van der Waals surface area contributed by atoms with Crippen molar-refractivity contribution in [1.82, 2.24) is 14.8 Å². The number of fused-ring (bicyclic) bond motifs is 1. The van der Waals surface area contributed by atoms with E-state index in [0.717, 1.165) is 10.9 Å². The molecule has 0 unspecified atom stereocenters. The maximum Gasteiger partial charge on any atom is 0.172 e. The number of nitriles is 1. The molecule has 0 spiro atoms. The molecule has 0 aliphatic heterocycles. The lowest BCUT2D eigenvalue weighted by atomic mass is 10.2. The molecule has 1 aromatic carbocycles. The average Bonchev–Trinajstić information content (AvgIpc) is 2.82. The number of para-hydroxylation sites is 1. The van der Waals surface area contributed by atoms with Gasteiger partial charge in [0.25, 0.3) is 0 Å². The molecule has 0 aliphatic rings. The number of hydrogen-bond acceptors (Lipinski definition) is 4. The molecule has 3 rings (SSSR count). The standard InChI is InChI=1S/C13H9N5/c14-6-10-5-11(15)8-16-13(10)18-12-4-2-1-3-9(12)7-17-18/h1-5,7-8H,15H2. The number of benzene rings is 1. The number of nitrogen functional groups attached to an aromatic ring is 1. The number of pyridine rings is 1. The second kappa shape index (κ2) is 3.86. The number of hydrogen-bond donors (Lipinski definition) is 1. The highest BCUT2D eigenvalue weighted by Crippen LogP contribution is 2.19. The van der Waals surface area contributed by atoms with E-state index in [-0.39, 0.29) is 0 Å². The summed E-state index contributed by atoms with van der Waals surface area (Å²) in [7, 11) is 0. The minimum atomic E-state index is 0.406. The van der Waals surface area contributed by atoms with Crippen molar-refractivity contribution in [1.29, 1.82) is 5.26 Å². The molecular formula is C13H9N5. The van der Waals surface area contributed by atoms with Crippen LogP contribution in [0.25, 0.3) is 16.7 Å². The maximum atomic E-state index is 9.13. The quantitative estimate of drug-likeness (QED) is 0.698. The van der Waals surface area contributed by atoms with E-state index in [1.165, 1.54) is 6.20 Å². The summed E-state index contributed by atoms with van der Waals surface area (Å²) >= 11 is 0. The summed E-state index contributed by atoms with van der Waals surface area (Å²) < 4.78 is 1.65. The first-order valence-corrected chi connectivity index (χ1v) is 5.38. The molecule has 18 heavy (non-hydrogen) atoms. The van der Waals surface area contributed by atoms with Crippen LogP contribution in [-0.2, 0) is 0 Å². The molecule has 3 aromatic rings. The summed E-state index contributed by atoms with van der Waals surface area (Å²) in [5, 5.41) is 14.4. The monoisotopic (exact) mass is 235 g/mol. The molecule has 0 amide bonds. The molecule has 0 atom stereocenters. The molecule has 0 saturated heterocycles. The van der Waals surface area contributed by atoms with Crippen LogP contribution in [0.5, 0.6) is 0 Å². The van der Waals surface area contributed by atoms with Gasteiger partial charge in [-0.25, -0.2) is 9.67 Å². The third-order valence-corrected chi connectivity index (χ3v) is 2.69. The number of aromatic nitrogens is 3. The van der Waals surface area contributed by atoms with Crippen molar-refractivity contribution in [3.8, 4) is 11.9 Å². The second-order valence-electron chi connectivity index (χ2n) is 3.87. The van der Waals surface area contributed by atoms with Gasteiger partial charge in [0.2, 0.25) is 0 Å². The maximum absolute atomic E-state index is 9.13. The van der Waals surface area contributed by atoms with Gasteiger partial charge < -0.3 is 5.73 Å². The van der Waals surface area contributed by atoms with Crippen LogP contribution in [0.2, 0.25) is 0 Å². The predicted molar refractivity (Wildman–Crippen MR) is 68.0 cm³/mol. The lowest BCUT2D eigenvalue weighted by Crippen LogP contribution is -2.03. The van der Waals surface area contributed by atoms with Crippen molar-refractivity contribution in [3.63, 3.8) is 0 Å². The van der Waals surface area contributed by atoms with Gasteiger partial charge in [0.1, 0.15) is 6.07 Å². The highest BCUT2D eigenvalue weighted by Gasteiger charge is 2.10. The van der Waals surface area contributed by atoms with E-state index < -0.39 is 0 Å². The zero-order valence-corrected chi connectivity index (χ0v) is 9.41. The summed E-state index contributed by atoms with van der Waals surface area (Å²) in [6.45, 7) is 0. The SMILES string of the molecule is N#Cc1cc(N)cnc1-n1ncc2ccccc21. The Bertz CT molecular complexity index is 766. The van der Waals surface area contributed by atoms with Gasteiger partial charge in [-0.05, 0) is 12.1 Å². The lowest BCUT2D eigenvalue weighted by molar-refractivity contribution is 0.871. The van der Waals surface area contributed by atoms with Gasteiger partial charge in [0, 0.05) is 5.39 Å². The van der Waals surface area contributed by atoms with E-state index in [1.54, 1.807) is 16.9 Å². The van der Waals surface area contributed by atoms with Gasteiger partial charge in [0.15, 0.2) is 5.82 Å². The third kappa shape index (κ3) is 1.48. The number of nitrogens with two attached hydrogens (primary N) is 1. The molecule has 2 N–H and O–H groups in total. The molecule has 2 aromatic heterocycles. The van der Waals surface area contributed by atoms with E-state index in [0.29, 0.717) is 17.1 Å². The number of anilines is 1. The second-order valence-corrected chi connectivity index (χ2v) is 3.87. The van der Waals surface area contributed by atoms with E-state index in [2.05, 4.69) is 16.2 Å². The van der Waals surface area contributed by atoms with E-state index >= 15 is 0 Å². The van der Waals surface area contributed by atoms with Crippen molar-refractivity contribution in [2.45, 2.75) is 0 Å². The molecular weight excluding hydrogens is 226 g/mol. The first kappa shape index (κ1) is 10.3. The summed E-state index contributed by atoms with van der Waals surface area (Å²) in [6, 6.07) is 11.4. The van der Waals surface area contributed by atoms with Crippen LogP contribution in [-0.4, -0.2) is 14.8 Å². The van der Waals surface area contributed by atoms with Crippen LogP contribution < -0.4 is 5.73 Å². The van der Waals surface area contributed by atoms with Crippen LogP contribution in [0.3, 0.4) is 0 Å². The van der Waals surface area contributed by atoms with Crippen LogP contribution >= 0.6 is 0 Å². The minimum Gasteiger partial charge on any atom is -0.397 e. The van der Waals surface area contributed by atoms with Crippen molar-refractivity contribution in [2.24, 2.45) is 0 Å². The smallest absolute Gasteiger partial charge is 0.172 e. The Labute approximate surface area is 103 Å². The summed E-state index contributed by atoms with van der Waals surface area (Å²) in [5.41, 5.74) is 7.41. The highest BCUT2D eigenvalue weighted by atomic mass is 15.3. The number of nitrogens with zero attached hydrogens (tertiary/aromatic N) is 4. The van der Waals surface area contributed by atoms with Crippen LogP contribution in [0, 0.1) is 11.3 Å². The largest absolute Gasteiger partial charge is 0.397 e. The fourth-order valence-corrected chi connectivity index (χ4v) is 1.87. The van der Waals surface area contributed by atoms with Crippen molar-refractivity contribution < 1.29 is 0 Å². The Balaban J connectivity index is 2.30. The van der Waals surface area contributed by atoms with Gasteiger partial charge in [-0.3, -0.25) is 0 Å². The molecule has 0 aliphatic carbocycles. The van der Waals surface area contributed by atoms with Gasteiger partial charge in [-0.1, -0.05) is 18.2 Å². The molecule has 5 heteroatoms. The zero-order valence-electron chi connectivity index (χ0n) is 9.41. The Morgan fingerprint density at radius 3 is 2.89 bits per heavy atom. The zero-order chi connectivity index (χ0) is 12.5. The number of rotatable bonds is 1. The molecule has 0 fully saturated rings. The third-order valence-electron chi connectivity index (χ3n) is 2.69. The van der Waals surface area contributed by atoms with Gasteiger partial charge in [-0.15, -0.1) is 0 Å². The topological polar surface area (TPSA) is 80.5 Å². The molecule has 0 saturated carbocycles. The lowest BCUT2D eigenvalue weighted by Gasteiger charge is -2.05. The van der Waals surface area contributed by atoms with Crippen molar-refractivity contribution >= 4 is 16.6 Å². The fourth-order valence-electron chi connectivity index (χ4n) is 1.87. The van der Waals surface area contributed by atoms with Gasteiger partial charge >= 0.3 is 0 Å². The molecule has 2 heterocycles. The summed E-state index contributed by atoms with van der Waals surface area (Å²) in [5.74, 6) is 0.493. The van der Waals surface area contributed by atoms with E-state index in [9.17, 15) is 0 Å². The summed E-state index contributed by atoms with van der Waals surface area (Å²) in [4.78, 5) is 4.19. The van der Waals surface area contributed by atoms with E-state index in [1.807, 2.05) is 24.3 Å². The van der Waals surface area contributed by atoms with Crippen LogP contribution in [0.1, 0.15) is 5.56 Å². The Kier molecular flexibility index (Phi) is 2.21. The Morgan fingerprint density at radius 2 is 2.06 bits per heavy atom. The molecule has 5 nitrogen and oxygen atoms in total. The average molecular weight is 235 g/mol.